The number of fused-ring (bicyclic) bond motifs is 1. The van der Waals surface area contributed by atoms with E-state index < -0.39 is 15.8 Å². The zero-order chi connectivity index (χ0) is 18.3. The lowest BCUT2D eigenvalue weighted by Gasteiger charge is -2.32. The molecule has 1 aliphatic rings. The number of aryl methyl sites for hydroxylation is 1. The Bertz CT molecular complexity index is 1100. The minimum atomic E-state index is -3.71. The van der Waals surface area contributed by atoms with Crippen molar-refractivity contribution in [2.45, 2.75) is 11.0 Å². The van der Waals surface area contributed by atoms with E-state index >= 15 is 0 Å². The summed E-state index contributed by atoms with van der Waals surface area (Å²) in [5, 5.41) is 0. The van der Waals surface area contributed by atoms with Gasteiger partial charge in [-0.25, -0.2) is 13.2 Å². The molecule has 7 nitrogen and oxygen atoms in total. The van der Waals surface area contributed by atoms with Crippen molar-refractivity contribution in [2.24, 2.45) is 7.05 Å². The first-order chi connectivity index (χ1) is 12.5. The van der Waals surface area contributed by atoms with Crippen LogP contribution in [0.4, 0.5) is 0 Å². The van der Waals surface area contributed by atoms with Crippen molar-refractivity contribution in [3.8, 4) is 0 Å². The van der Waals surface area contributed by atoms with E-state index in [0.717, 1.165) is 5.56 Å². The Morgan fingerprint density at radius 1 is 1.12 bits per heavy atom. The molecule has 0 spiro atoms. The highest BCUT2D eigenvalue weighted by Crippen LogP contribution is 2.27. The minimum absolute atomic E-state index is 0.134. The summed E-state index contributed by atoms with van der Waals surface area (Å²) in [4.78, 5) is 11.8. The van der Waals surface area contributed by atoms with Crippen LogP contribution in [0.3, 0.4) is 0 Å². The zero-order valence-electron chi connectivity index (χ0n) is 14.2. The number of nitrogens with zero attached hydrogens (tertiary/aromatic N) is 2. The molecule has 0 amide bonds. The number of oxazole rings is 1. The van der Waals surface area contributed by atoms with Gasteiger partial charge < -0.3 is 9.15 Å². The molecular weight excluding hydrogens is 356 g/mol. The molecule has 0 aliphatic carbocycles. The maximum atomic E-state index is 13.1. The molecule has 0 N–H and O–H groups in total. The van der Waals surface area contributed by atoms with Crippen molar-refractivity contribution in [2.75, 3.05) is 19.7 Å². The van der Waals surface area contributed by atoms with Crippen LogP contribution in [0.5, 0.6) is 0 Å². The van der Waals surface area contributed by atoms with Gasteiger partial charge in [-0.1, -0.05) is 30.3 Å². The van der Waals surface area contributed by atoms with Crippen molar-refractivity contribution < 1.29 is 17.6 Å². The van der Waals surface area contributed by atoms with E-state index in [-0.39, 0.29) is 24.1 Å². The Morgan fingerprint density at radius 3 is 2.65 bits per heavy atom. The van der Waals surface area contributed by atoms with Crippen LogP contribution >= 0.6 is 0 Å². The Labute approximate surface area is 150 Å². The molecule has 1 fully saturated rings. The molecule has 26 heavy (non-hydrogen) atoms. The van der Waals surface area contributed by atoms with E-state index in [1.807, 2.05) is 30.3 Å². The van der Waals surface area contributed by atoms with Crippen molar-refractivity contribution in [3.05, 3.63) is 64.6 Å². The van der Waals surface area contributed by atoms with Gasteiger partial charge in [0.15, 0.2) is 5.58 Å². The molecule has 2 aromatic carbocycles. The highest BCUT2D eigenvalue weighted by atomic mass is 32.2. The third-order valence-electron chi connectivity index (χ3n) is 4.60. The summed E-state index contributed by atoms with van der Waals surface area (Å²) in [6.45, 7) is 0.855. The van der Waals surface area contributed by atoms with Crippen molar-refractivity contribution >= 4 is 21.1 Å². The molecule has 1 unspecified atom stereocenters. The topological polar surface area (TPSA) is 81.8 Å². The molecule has 136 valence electrons. The van der Waals surface area contributed by atoms with Gasteiger partial charge in [-0.05, 0) is 23.8 Å². The molecule has 1 saturated heterocycles. The van der Waals surface area contributed by atoms with Gasteiger partial charge in [0.1, 0.15) is 0 Å². The first-order valence-corrected chi connectivity index (χ1v) is 9.67. The third-order valence-corrected chi connectivity index (χ3v) is 6.46. The maximum absolute atomic E-state index is 13.1. The van der Waals surface area contributed by atoms with Gasteiger partial charge in [0, 0.05) is 20.1 Å². The molecule has 3 aromatic rings. The smallest absolute Gasteiger partial charge is 0.408 e. The number of ether oxygens (including phenoxy) is 1. The molecule has 0 saturated carbocycles. The predicted molar refractivity (Wildman–Crippen MR) is 95.3 cm³/mol. The molecule has 2 heterocycles. The number of morpholine rings is 1. The lowest BCUT2D eigenvalue weighted by molar-refractivity contribution is -0.00255. The average molecular weight is 374 g/mol. The van der Waals surface area contributed by atoms with Crippen LogP contribution in [0.25, 0.3) is 11.1 Å². The molecular formula is C18H18N2O5S. The molecule has 8 heteroatoms. The Hall–Kier alpha value is -2.42. The van der Waals surface area contributed by atoms with Gasteiger partial charge in [0.25, 0.3) is 0 Å². The molecule has 1 aromatic heterocycles. The molecule has 4 rings (SSSR count). The number of aromatic nitrogens is 1. The van der Waals surface area contributed by atoms with Crippen LogP contribution in [-0.2, 0) is 21.8 Å². The van der Waals surface area contributed by atoms with Gasteiger partial charge in [0.2, 0.25) is 10.0 Å². The van der Waals surface area contributed by atoms with Crippen LogP contribution in [-0.4, -0.2) is 37.0 Å². The Morgan fingerprint density at radius 2 is 1.88 bits per heavy atom. The fourth-order valence-electron chi connectivity index (χ4n) is 3.13. The van der Waals surface area contributed by atoms with Crippen LogP contribution in [0.15, 0.2) is 62.6 Å². The fourth-order valence-corrected chi connectivity index (χ4v) is 4.57. The summed E-state index contributed by atoms with van der Waals surface area (Å²) in [6.07, 6.45) is -0.304. The molecule has 0 radical (unpaired) electrons. The average Bonchev–Trinajstić information content (AvgIpc) is 2.96. The summed E-state index contributed by atoms with van der Waals surface area (Å²) in [5.41, 5.74) is 1.75. The van der Waals surface area contributed by atoms with Gasteiger partial charge in [-0.15, -0.1) is 0 Å². The lowest BCUT2D eigenvalue weighted by Crippen LogP contribution is -2.42. The van der Waals surface area contributed by atoms with E-state index in [2.05, 4.69) is 0 Å². The zero-order valence-corrected chi connectivity index (χ0v) is 15.0. The summed E-state index contributed by atoms with van der Waals surface area (Å²) >= 11 is 0. The lowest BCUT2D eigenvalue weighted by atomic mass is 10.1. The highest BCUT2D eigenvalue weighted by molar-refractivity contribution is 7.89. The van der Waals surface area contributed by atoms with E-state index in [1.54, 1.807) is 7.05 Å². The third kappa shape index (κ3) is 2.86. The number of rotatable bonds is 3. The van der Waals surface area contributed by atoms with E-state index in [9.17, 15) is 13.2 Å². The van der Waals surface area contributed by atoms with E-state index in [4.69, 9.17) is 9.15 Å². The molecule has 1 atom stereocenters. The van der Waals surface area contributed by atoms with Crippen LogP contribution in [0, 0.1) is 0 Å². The Balaban J connectivity index is 1.67. The summed E-state index contributed by atoms with van der Waals surface area (Å²) in [6, 6.07) is 14.0. The quantitative estimate of drug-likeness (QED) is 0.699. The molecule has 0 bridgehead atoms. The summed E-state index contributed by atoms with van der Waals surface area (Å²) in [5.74, 6) is -0.523. The van der Waals surface area contributed by atoms with Gasteiger partial charge in [-0.2, -0.15) is 4.31 Å². The van der Waals surface area contributed by atoms with Gasteiger partial charge >= 0.3 is 5.76 Å². The number of benzene rings is 2. The van der Waals surface area contributed by atoms with E-state index in [1.165, 1.54) is 27.1 Å². The van der Waals surface area contributed by atoms with Crippen molar-refractivity contribution in [1.82, 2.24) is 8.87 Å². The molecule has 1 aliphatic heterocycles. The first kappa shape index (κ1) is 17.0. The fraction of sp³-hybridized carbons (Fsp3) is 0.278. The normalized spacial score (nSPS) is 19.0. The largest absolute Gasteiger partial charge is 0.419 e. The first-order valence-electron chi connectivity index (χ1n) is 8.23. The highest BCUT2D eigenvalue weighted by Gasteiger charge is 2.31. The summed E-state index contributed by atoms with van der Waals surface area (Å²) < 4.78 is 39.7. The SMILES string of the molecule is Cn1c(=O)oc2ccc(S(=O)(=O)N3CCOC(c4ccccc4)C3)cc21. The van der Waals surface area contributed by atoms with Crippen LogP contribution < -0.4 is 5.76 Å². The van der Waals surface area contributed by atoms with Gasteiger partial charge in [-0.3, -0.25) is 4.57 Å². The second kappa shape index (κ2) is 6.39. The number of hydrogen-bond donors (Lipinski definition) is 0. The van der Waals surface area contributed by atoms with Crippen LogP contribution in [0.1, 0.15) is 11.7 Å². The second-order valence-electron chi connectivity index (χ2n) is 6.19. The Kier molecular flexibility index (Phi) is 4.18. The van der Waals surface area contributed by atoms with Crippen LogP contribution in [0.2, 0.25) is 0 Å². The van der Waals surface area contributed by atoms with Crippen molar-refractivity contribution in [1.29, 1.82) is 0 Å². The number of sulfonamides is 1. The van der Waals surface area contributed by atoms with Gasteiger partial charge in [0.05, 0.1) is 23.1 Å². The monoisotopic (exact) mass is 374 g/mol. The van der Waals surface area contributed by atoms with E-state index in [0.29, 0.717) is 17.7 Å². The summed E-state index contributed by atoms with van der Waals surface area (Å²) in [7, 11) is -2.16. The predicted octanol–water partition coefficient (Wildman–Crippen LogP) is 1.89. The standard InChI is InChI=1S/C18H18N2O5S/c1-19-15-11-14(7-8-16(15)25-18(19)21)26(22,23)20-9-10-24-17(12-20)13-5-3-2-4-6-13/h2-8,11,17H,9-10,12H2,1H3. The maximum Gasteiger partial charge on any atom is 0.419 e. The number of hydrogen-bond acceptors (Lipinski definition) is 5. The minimum Gasteiger partial charge on any atom is -0.408 e. The van der Waals surface area contributed by atoms with Crippen molar-refractivity contribution in [3.63, 3.8) is 0 Å². The second-order valence-corrected chi connectivity index (χ2v) is 8.13.